The van der Waals surface area contributed by atoms with Gasteiger partial charge >= 0.3 is 0 Å². The minimum Gasteiger partial charge on any atom is -0.394 e. The lowest BCUT2D eigenvalue weighted by Crippen LogP contribution is -2.51. The molecule has 0 aromatic heterocycles. The second-order valence-electron chi connectivity index (χ2n) is 7.49. The van der Waals surface area contributed by atoms with E-state index in [1.54, 1.807) is 12.1 Å². The van der Waals surface area contributed by atoms with Crippen LogP contribution in [0.2, 0.25) is 5.02 Å². The predicted molar refractivity (Wildman–Crippen MR) is 102 cm³/mol. The summed E-state index contributed by atoms with van der Waals surface area (Å²) in [5, 5.41) is 16.1. The van der Waals surface area contributed by atoms with Crippen molar-refractivity contribution in [1.29, 1.82) is 0 Å². The van der Waals surface area contributed by atoms with E-state index in [1.165, 1.54) is 0 Å². The van der Waals surface area contributed by atoms with Crippen molar-refractivity contribution in [2.24, 2.45) is 5.92 Å². The van der Waals surface area contributed by atoms with Crippen LogP contribution in [-0.2, 0) is 20.9 Å². The first-order valence-electron chi connectivity index (χ1n) is 9.60. The highest BCUT2D eigenvalue weighted by atomic mass is 35.5. The number of amides is 2. The highest BCUT2D eigenvalue weighted by Crippen LogP contribution is 2.32. The molecule has 148 valence electrons. The van der Waals surface area contributed by atoms with Crippen molar-refractivity contribution in [3.8, 4) is 0 Å². The zero-order valence-electron chi connectivity index (χ0n) is 15.3. The maximum atomic E-state index is 12.2. The van der Waals surface area contributed by atoms with Crippen molar-refractivity contribution >= 4 is 23.4 Å². The van der Waals surface area contributed by atoms with Crippen LogP contribution in [0.15, 0.2) is 24.3 Å². The molecule has 3 rings (SSSR count). The average Bonchev–Trinajstić information content (AvgIpc) is 3.46. The second kappa shape index (κ2) is 9.53. The van der Waals surface area contributed by atoms with Crippen LogP contribution in [0, 0.1) is 5.92 Å². The summed E-state index contributed by atoms with van der Waals surface area (Å²) in [5.41, 5.74) is 0.976. The summed E-state index contributed by atoms with van der Waals surface area (Å²) in [5.74, 6) is 0.464. The van der Waals surface area contributed by atoms with Gasteiger partial charge in [-0.15, -0.1) is 0 Å². The van der Waals surface area contributed by atoms with E-state index in [2.05, 4.69) is 10.6 Å². The fraction of sp³-hybridized carbons (Fsp3) is 0.600. The third-order valence-corrected chi connectivity index (χ3v) is 5.38. The van der Waals surface area contributed by atoms with Crippen LogP contribution in [0.5, 0.6) is 0 Å². The molecule has 1 aliphatic carbocycles. The number of benzene rings is 1. The van der Waals surface area contributed by atoms with Gasteiger partial charge in [0.05, 0.1) is 25.2 Å². The molecule has 0 spiro atoms. The molecule has 7 heteroatoms. The fourth-order valence-electron chi connectivity index (χ4n) is 3.38. The molecule has 2 amide bonds. The number of aliphatic hydroxyl groups excluding tert-OH is 1. The highest BCUT2D eigenvalue weighted by molar-refractivity contribution is 6.30. The summed E-state index contributed by atoms with van der Waals surface area (Å²) >= 11 is 5.85. The number of ether oxygens (including phenoxy) is 1. The van der Waals surface area contributed by atoms with Crippen LogP contribution >= 0.6 is 11.6 Å². The molecule has 0 bridgehead atoms. The lowest BCUT2D eigenvalue weighted by atomic mass is 9.96. The molecular formula is C20H27ClN2O4. The SMILES string of the molecule is O=C(C[C@@H]1CC[C@@H](NC(=O)CC2CC2)[C@H](CO)O1)NCc1ccc(Cl)cc1. The number of aliphatic hydroxyl groups is 1. The van der Waals surface area contributed by atoms with Crippen LogP contribution in [0.4, 0.5) is 0 Å². The minimum absolute atomic E-state index is 0.0312. The Hall–Kier alpha value is -1.63. The Labute approximate surface area is 164 Å². The van der Waals surface area contributed by atoms with Crippen LogP contribution in [-0.4, -0.2) is 41.8 Å². The number of halogens is 1. The average molecular weight is 395 g/mol. The number of nitrogens with one attached hydrogen (secondary N) is 2. The molecule has 3 N–H and O–H groups in total. The topological polar surface area (TPSA) is 87.7 Å². The summed E-state index contributed by atoms with van der Waals surface area (Å²) in [6, 6.07) is 7.13. The Balaban J connectivity index is 1.40. The minimum atomic E-state index is -0.462. The fourth-order valence-corrected chi connectivity index (χ4v) is 3.50. The van der Waals surface area contributed by atoms with Crippen molar-refractivity contribution in [2.45, 2.75) is 63.3 Å². The number of hydrogen-bond acceptors (Lipinski definition) is 4. The van der Waals surface area contributed by atoms with E-state index in [-0.39, 0.29) is 37.0 Å². The van der Waals surface area contributed by atoms with Gasteiger partial charge in [-0.2, -0.15) is 0 Å². The van der Waals surface area contributed by atoms with Crippen molar-refractivity contribution in [1.82, 2.24) is 10.6 Å². The van der Waals surface area contributed by atoms with Crippen LogP contribution < -0.4 is 10.6 Å². The van der Waals surface area contributed by atoms with E-state index in [0.29, 0.717) is 36.7 Å². The third kappa shape index (κ3) is 6.48. The van der Waals surface area contributed by atoms with E-state index >= 15 is 0 Å². The second-order valence-corrected chi connectivity index (χ2v) is 7.92. The van der Waals surface area contributed by atoms with E-state index in [0.717, 1.165) is 18.4 Å². The van der Waals surface area contributed by atoms with Crippen LogP contribution in [0.25, 0.3) is 0 Å². The lowest BCUT2D eigenvalue weighted by molar-refractivity contribution is -0.136. The third-order valence-electron chi connectivity index (χ3n) is 5.13. The quantitative estimate of drug-likeness (QED) is 0.630. The molecule has 0 radical (unpaired) electrons. The molecule has 1 saturated heterocycles. The standard InChI is InChI=1S/C20H27ClN2O4/c21-15-5-3-14(4-6-15)11-22-19(25)10-16-7-8-17(18(12-24)27-16)23-20(26)9-13-1-2-13/h3-6,13,16-18,24H,1-2,7-12H2,(H,22,25)(H,23,26)/t16-,17+,18-/m0/s1. The van der Waals surface area contributed by atoms with Crippen molar-refractivity contribution in [3.63, 3.8) is 0 Å². The van der Waals surface area contributed by atoms with Gasteiger partial charge in [-0.1, -0.05) is 23.7 Å². The van der Waals surface area contributed by atoms with Gasteiger partial charge in [0.1, 0.15) is 6.10 Å². The smallest absolute Gasteiger partial charge is 0.222 e. The monoisotopic (exact) mass is 394 g/mol. The van der Waals surface area contributed by atoms with Crippen molar-refractivity contribution in [2.75, 3.05) is 6.61 Å². The highest BCUT2D eigenvalue weighted by Gasteiger charge is 2.34. The van der Waals surface area contributed by atoms with Gasteiger partial charge in [0.2, 0.25) is 11.8 Å². The molecule has 27 heavy (non-hydrogen) atoms. The summed E-state index contributed by atoms with van der Waals surface area (Å²) in [4.78, 5) is 24.2. The largest absolute Gasteiger partial charge is 0.394 e. The molecule has 1 aliphatic heterocycles. The van der Waals surface area contributed by atoms with Crippen LogP contribution in [0.3, 0.4) is 0 Å². The molecule has 1 aromatic rings. The molecule has 2 aliphatic rings. The molecule has 1 saturated carbocycles. The first-order chi connectivity index (χ1) is 13.0. The van der Waals surface area contributed by atoms with Gasteiger partial charge in [0.25, 0.3) is 0 Å². The Bertz CT molecular complexity index is 648. The lowest BCUT2D eigenvalue weighted by Gasteiger charge is -2.36. The molecule has 0 unspecified atom stereocenters. The van der Waals surface area contributed by atoms with Gasteiger partial charge in [0, 0.05) is 18.0 Å². The summed E-state index contributed by atoms with van der Waals surface area (Å²) < 4.78 is 5.87. The number of carbonyl (C=O) groups excluding carboxylic acids is 2. The van der Waals surface area contributed by atoms with E-state index in [9.17, 15) is 14.7 Å². The first kappa shape index (κ1) is 20.1. The van der Waals surface area contributed by atoms with Gasteiger partial charge in [-0.3, -0.25) is 9.59 Å². The number of carbonyl (C=O) groups is 2. The molecule has 6 nitrogen and oxygen atoms in total. The van der Waals surface area contributed by atoms with Gasteiger partial charge in [0.15, 0.2) is 0 Å². The molecular weight excluding hydrogens is 368 g/mol. The van der Waals surface area contributed by atoms with Gasteiger partial charge < -0.3 is 20.5 Å². The van der Waals surface area contributed by atoms with Gasteiger partial charge in [-0.05, 0) is 49.3 Å². The zero-order chi connectivity index (χ0) is 19.2. The maximum Gasteiger partial charge on any atom is 0.222 e. The summed E-state index contributed by atoms with van der Waals surface area (Å²) in [6.45, 7) is 0.267. The molecule has 1 heterocycles. The Morgan fingerprint density at radius 2 is 1.81 bits per heavy atom. The van der Waals surface area contributed by atoms with E-state index in [4.69, 9.17) is 16.3 Å². The molecule has 2 fully saturated rings. The predicted octanol–water partition coefficient (Wildman–Crippen LogP) is 2.17. The Morgan fingerprint density at radius 1 is 1.07 bits per heavy atom. The Kier molecular flexibility index (Phi) is 7.10. The van der Waals surface area contributed by atoms with E-state index in [1.807, 2.05) is 12.1 Å². The first-order valence-corrected chi connectivity index (χ1v) is 9.98. The summed E-state index contributed by atoms with van der Waals surface area (Å²) in [7, 11) is 0. The number of rotatable bonds is 8. The van der Waals surface area contributed by atoms with Gasteiger partial charge in [-0.25, -0.2) is 0 Å². The Morgan fingerprint density at radius 3 is 2.48 bits per heavy atom. The molecule has 3 atom stereocenters. The normalized spacial score (nSPS) is 25.0. The zero-order valence-corrected chi connectivity index (χ0v) is 16.1. The van der Waals surface area contributed by atoms with Crippen molar-refractivity contribution in [3.05, 3.63) is 34.9 Å². The van der Waals surface area contributed by atoms with Crippen molar-refractivity contribution < 1.29 is 19.4 Å². The number of hydrogen-bond donors (Lipinski definition) is 3. The maximum absolute atomic E-state index is 12.2. The van der Waals surface area contributed by atoms with E-state index < -0.39 is 6.10 Å². The van der Waals surface area contributed by atoms with Crippen LogP contribution in [0.1, 0.15) is 44.1 Å². The summed E-state index contributed by atoms with van der Waals surface area (Å²) in [6.07, 6.45) is 3.74. The molecule has 1 aromatic carbocycles.